The van der Waals surface area contributed by atoms with Gasteiger partial charge in [-0.1, -0.05) is 6.92 Å². The van der Waals surface area contributed by atoms with E-state index in [2.05, 4.69) is 20.4 Å². The van der Waals surface area contributed by atoms with Crippen molar-refractivity contribution in [1.29, 1.82) is 0 Å². The third kappa shape index (κ3) is 9.56. The summed E-state index contributed by atoms with van der Waals surface area (Å²) in [6.45, 7) is 12.7. The molecule has 0 fully saturated rings. The monoisotopic (exact) mass is 509 g/mol. The number of aromatic nitrogens is 3. The number of aliphatic imine (C=N–C) groups is 1. The summed E-state index contributed by atoms with van der Waals surface area (Å²) in [6.07, 6.45) is 2.11. The van der Waals surface area contributed by atoms with Crippen LogP contribution in [0.1, 0.15) is 46.9 Å². The van der Waals surface area contributed by atoms with Gasteiger partial charge in [-0.05, 0) is 34.1 Å². The molecule has 1 aromatic heterocycles. The highest BCUT2D eigenvalue weighted by Gasteiger charge is 2.21. The van der Waals surface area contributed by atoms with E-state index in [0.717, 1.165) is 24.7 Å². The van der Waals surface area contributed by atoms with Gasteiger partial charge < -0.3 is 19.9 Å². The first-order valence-electron chi connectivity index (χ1n) is 9.48. The molecule has 0 spiro atoms. The number of ether oxygens (including phenoxy) is 1. The van der Waals surface area contributed by atoms with Gasteiger partial charge in [0.1, 0.15) is 17.8 Å². The lowest BCUT2D eigenvalue weighted by atomic mass is 10.2. The largest absolute Gasteiger partial charge is 0.444 e. The summed E-state index contributed by atoms with van der Waals surface area (Å²) >= 11 is 0. The van der Waals surface area contributed by atoms with Crippen LogP contribution in [-0.2, 0) is 18.3 Å². The Balaban J connectivity index is 0.00000729. The topological polar surface area (TPSA) is 87.9 Å². The molecule has 0 saturated heterocycles. The third-order valence-corrected chi connectivity index (χ3v) is 3.66. The smallest absolute Gasteiger partial charge is 0.410 e. The predicted molar refractivity (Wildman–Crippen MR) is 122 cm³/mol. The van der Waals surface area contributed by atoms with Crippen molar-refractivity contribution in [3.8, 4) is 0 Å². The van der Waals surface area contributed by atoms with Gasteiger partial charge in [-0.25, -0.2) is 9.78 Å². The Hall–Kier alpha value is -1.59. The molecule has 1 rings (SSSR count). The van der Waals surface area contributed by atoms with Gasteiger partial charge in [0.2, 0.25) is 0 Å². The second-order valence-corrected chi connectivity index (χ2v) is 7.36. The van der Waals surface area contributed by atoms with Gasteiger partial charge in [-0.2, -0.15) is 5.10 Å². The van der Waals surface area contributed by atoms with Crippen molar-refractivity contribution >= 4 is 36.0 Å². The van der Waals surface area contributed by atoms with Gasteiger partial charge >= 0.3 is 6.09 Å². The third-order valence-electron chi connectivity index (χ3n) is 3.66. The molecule has 0 aromatic carbocycles. The fourth-order valence-electron chi connectivity index (χ4n) is 2.39. The van der Waals surface area contributed by atoms with Gasteiger partial charge in [0, 0.05) is 33.7 Å². The van der Waals surface area contributed by atoms with E-state index in [9.17, 15) is 4.79 Å². The summed E-state index contributed by atoms with van der Waals surface area (Å²) < 4.78 is 7.22. The molecule has 162 valence electrons. The molecule has 1 heterocycles. The molecule has 1 N–H and O–H groups in total. The Kier molecular flexibility index (Phi) is 12.1. The van der Waals surface area contributed by atoms with Crippen molar-refractivity contribution in [2.75, 3.05) is 33.2 Å². The number of hydrogen-bond acceptors (Lipinski definition) is 5. The molecule has 0 bridgehead atoms. The molecule has 0 aliphatic heterocycles. The van der Waals surface area contributed by atoms with Gasteiger partial charge in [-0.3, -0.25) is 9.67 Å². The fourth-order valence-corrected chi connectivity index (χ4v) is 2.39. The van der Waals surface area contributed by atoms with Crippen LogP contribution in [0.2, 0.25) is 0 Å². The van der Waals surface area contributed by atoms with Crippen LogP contribution in [-0.4, -0.2) is 75.4 Å². The number of carbonyl (C=O) groups is 1. The minimum atomic E-state index is -0.502. The molecule has 0 radical (unpaired) electrons. The van der Waals surface area contributed by atoms with E-state index >= 15 is 0 Å². The average molecular weight is 509 g/mol. The lowest BCUT2D eigenvalue weighted by Gasteiger charge is -2.27. The molecule has 28 heavy (non-hydrogen) atoms. The fraction of sp³-hybridized carbons (Fsp3) is 0.778. The first-order chi connectivity index (χ1) is 12.7. The molecule has 0 aliphatic carbocycles. The highest BCUT2D eigenvalue weighted by molar-refractivity contribution is 14.0. The zero-order valence-electron chi connectivity index (χ0n) is 18.2. The zero-order valence-corrected chi connectivity index (χ0v) is 20.6. The maximum atomic E-state index is 12.3. The lowest BCUT2D eigenvalue weighted by Crippen LogP contribution is -2.41. The second kappa shape index (κ2) is 12.8. The predicted octanol–water partition coefficient (Wildman–Crippen LogP) is 2.48. The van der Waals surface area contributed by atoms with Crippen LogP contribution in [0.5, 0.6) is 0 Å². The molecule has 0 aliphatic rings. The van der Waals surface area contributed by atoms with Gasteiger partial charge in [0.15, 0.2) is 5.96 Å². The Morgan fingerprint density at radius 3 is 2.50 bits per heavy atom. The van der Waals surface area contributed by atoms with Crippen LogP contribution in [0.4, 0.5) is 4.79 Å². The van der Waals surface area contributed by atoms with Crippen LogP contribution in [0, 0.1) is 0 Å². The van der Waals surface area contributed by atoms with Crippen molar-refractivity contribution in [2.24, 2.45) is 12.0 Å². The first-order valence-corrected chi connectivity index (χ1v) is 9.48. The Morgan fingerprint density at radius 1 is 1.32 bits per heavy atom. The Labute approximate surface area is 185 Å². The first kappa shape index (κ1) is 26.4. The minimum Gasteiger partial charge on any atom is -0.444 e. The van der Waals surface area contributed by atoms with Gasteiger partial charge in [0.05, 0.1) is 13.1 Å². The molecule has 10 heteroatoms. The molecular weight excluding hydrogens is 473 g/mol. The van der Waals surface area contributed by atoms with Crippen LogP contribution in [0.3, 0.4) is 0 Å². The van der Waals surface area contributed by atoms with Crippen molar-refractivity contribution < 1.29 is 9.53 Å². The summed E-state index contributed by atoms with van der Waals surface area (Å²) in [4.78, 5) is 24.9. The summed E-state index contributed by atoms with van der Waals surface area (Å²) in [6, 6.07) is 0. The number of amides is 1. The maximum absolute atomic E-state index is 12.3. The van der Waals surface area contributed by atoms with Gasteiger partial charge in [-0.15, -0.1) is 24.0 Å². The summed E-state index contributed by atoms with van der Waals surface area (Å²) in [5.74, 6) is 1.62. The molecule has 1 amide bonds. The standard InChI is InChI=1S/C18H35N7O2.HI/c1-8-11-25(17(26)27-18(3,4)5)12-10-20-16(19-9-2)23(6)13-15-21-14-22-24(15)7;/h14H,8-13H2,1-7H3,(H,19,20);1H. The molecule has 9 nitrogen and oxygen atoms in total. The molecule has 1 aromatic rings. The maximum Gasteiger partial charge on any atom is 0.410 e. The highest BCUT2D eigenvalue weighted by atomic mass is 127. The Morgan fingerprint density at radius 2 is 2.00 bits per heavy atom. The van der Waals surface area contributed by atoms with Crippen molar-refractivity contribution in [3.63, 3.8) is 0 Å². The van der Waals surface area contributed by atoms with Crippen molar-refractivity contribution in [1.82, 2.24) is 29.9 Å². The molecule has 0 saturated carbocycles. The second-order valence-electron chi connectivity index (χ2n) is 7.36. The number of carbonyl (C=O) groups excluding carboxylic acids is 1. The van der Waals surface area contributed by atoms with Crippen LogP contribution >= 0.6 is 24.0 Å². The summed E-state index contributed by atoms with van der Waals surface area (Å²) in [5.41, 5.74) is -0.502. The molecule has 0 unspecified atom stereocenters. The van der Waals surface area contributed by atoms with E-state index in [0.29, 0.717) is 26.2 Å². The molecular formula is C18H36IN7O2. The lowest BCUT2D eigenvalue weighted by molar-refractivity contribution is 0.0256. The van der Waals surface area contributed by atoms with Crippen LogP contribution in [0.25, 0.3) is 0 Å². The number of guanidine groups is 1. The normalized spacial score (nSPS) is 11.6. The number of aryl methyl sites for hydroxylation is 1. The number of nitrogens with one attached hydrogen (secondary N) is 1. The van der Waals surface area contributed by atoms with E-state index < -0.39 is 5.60 Å². The molecule has 0 atom stereocenters. The van der Waals surface area contributed by atoms with Crippen molar-refractivity contribution in [2.45, 2.75) is 53.2 Å². The number of rotatable bonds is 8. The van der Waals surface area contributed by atoms with E-state index in [1.54, 1.807) is 9.58 Å². The quantitative estimate of drug-likeness (QED) is 0.329. The highest BCUT2D eigenvalue weighted by Crippen LogP contribution is 2.10. The summed E-state index contributed by atoms with van der Waals surface area (Å²) in [5, 5.41) is 7.36. The minimum absolute atomic E-state index is 0. The van der Waals surface area contributed by atoms with Gasteiger partial charge in [0.25, 0.3) is 0 Å². The number of hydrogen-bond donors (Lipinski definition) is 1. The Bertz CT molecular complexity index is 613. The van der Waals surface area contributed by atoms with E-state index in [-0.39, 0.29) is 30.1 Å². The SMILES string of the molecule is CCCN(CCN=C(NCC)N(C)Cc1ncnn1C)C(=O)OC(C)(C)C.I. The van der Waals surface area contributed by atoms with Crippen LogP contribution in [0.15, 0.2) is 11.3 Å². The van der Waals surface area contributed by atoms with Crippen LogP contribution < -0.4 is 5.32 Å². The average Bonchev–Trinajstić information content (AvgIpc) is 2.96. The van der Waals surface area contributed by atoms with E-state index in [1.807, 2.05) is 53.6 Å². The number of halogens is 1. The zero-order chi connectivity index (χ0) is 20.4. The summed E-state index contributed by atoms with van der Waals surface area (Å²) in [7, 11) is 3.82. The number of nitrogens with zero attached hydrogens (tertiary/aromatic N) is 6. The van der Waals surface area contributed by atoms with E-state index in [4.69, 9.17) is 4.74 Å². The van der Waals surface area contributed by atoms with Crippen molar-refractivity contribution in [3.05, 3.63) is 12.2 Å². The van der Waals surface area contributed by atoms with E-state index in [1.165, 1.54) is 6.33 Å².